The molecule has 3 aromatic rings. The predicted octanol–water partition coefficient (Wildman–Crippen LogP) is 2.79. The number of hydrogen-bond acceptors (Lipinski definition) is 5. The second-order valence-electron chi connectivity index (χ2n) is 4.49. The van der Waals surface area contributed by atoms with Crippen LogP contribution < -0.4 is 10.1 Å². The lowest BCUT2D eigenvalue weighted by molar-refractivity contribution is 0.102. The van der Waals surface area contributed by atoms with Gasteiger partial charge < -0.3 is 14.6 Å². The molecular weight excluding hydrogens is 270 g/mol. The van der Waals surface area contributed by atoms with Gasteiger partial charge in [-0.05, 0) is 31.2 Å². The number of aryl methyl sites for hydroxylation is 1. The van der Waals surface area contributed by atoms with Crippen LogP contribution in [0.25, 0.3) is 11.1 Å². The predicted molar refractivity (Wildman–Crippen MR) is 77.5 cm³/mol. The highest BCUT2D eigenvalue weighted by atomic mass is 16.5. The summed E-state index contributed by atoms with van der Waals surface area (Å²) in [6.45, 7) is 1.86. The Hall–Kier alpha value is -2.89. The number of benzene rings is 1. The topological polar surface area (TPSA) is 77.2 Å². The van der Waals surface area contributed by atoms with Gasteiger partial charge in [-0.3, -0.25) is 4.79 Å². The Kier molecular flexibility index (Phi) is 3.27. The number of rotatable bonds is 3. The zero-order valence-electron chi connectivity index (χ0n) is 11.6. The van der Waals surface area contributed by atoms with Gasteiger partial charge in [0.25, 0.3) is 11.6 Å². The molecule has 2 aromatic heterocycles. The SMILES string of the molecule is COc1ccccc1C(=O)Nc1noc2nc(C)ccc12. The highest BCUT2D eigenvalue weighted by Crippen LogP contribution is 2.23. The molecule has 1 aromatic carbocycles. The number of hydrogen-bond donors (Lipinski definition) is 1. The van der Waals surface area contributed by atoms with Crippen LogP contribution in [0.1, 0.15) is 16.1 Å². The number of pyridine rings is 1. The fourth-order valence-corrected chi connectivity index (χ4v) is 2.02. The molecule has 0 aliphatic carbocycles. The van der Waals surface area contributed by atoms with Crippen molar-refractivity contribution in [2.24, 2.45) is 0 Å². The summed E-state index contributed by atoms with van der Waals surface area (Å²) in [7, 11) is 1.52. The molecule has 0 unspecified atom stereocenters. The summed E-state index contributed by atoms with van der Waals surface area (Å²) in [5, 5.41) is 7.22. The fourth-order valence-electron chi connectivity index (χ4n) is 2.02. The lowest BCUT2D eigenvalue weighted by Gasteiger charge is -2.07. The third-order valence-electron chi connectivity index (χ3n) is 3.06. The fraction of sp³-hybridized carbons (Fsp3) is 0.133. The van der Waals surface area contributed by atoms with Crippen molar-refractivity contribution in [3.63, 3.8) is 0 Å². The first-order chi connectivity index (χ1) is 10.2. The summed E-state index contributed by atoms with van der Waals surface area (Å²) in [5.74, 6) is 0.522. The average molecular weight is 283 g/mol. The Morgan fingerprint density at radius 2 is 2.05 bits per heavy atom. The molecule has 0 radical (unpaired) electrons. The lowest BCUT2D eigenvalue weighted by atomic mass is 10.2. The van der Waals surface area contributed by atoms with Crippen LogP contribution in [-0.4, -0.2) is 23.2 Å². The van der Waals surface area contributed by atoms with E-state index in [-0.39, 0.29) is 5.91 Å². The van der Waals surface area contributed by atoms with Gasteiger partial charge in [-0.2, -0.15) is 0 Å². The van der Waals surface area contributed by atoms with Crippen molar-refractivity contribution >= 4 is 22.8 Å². The zero-order chi connectivity index (χ0) is 14.8. The van der Waals surface area contributed by atoms with E-state index >= 15 is 0 Å². The molecule has 0 fully saturated rings. The summed E-state index contributed by atoms with van der Waals surface area (Å²) in [6, 6.07) is 10.6. The van der Waals surface area contributed by atoms with E-state index in [0.717, 1.165) is 5.69 Å². The van der Waals surface area contributed by atoms with Gasteiger partial charge in [0.05, 0.1) is 18.1 Å². The molecule has 0 aliphatic rings. The maximum atomic E-state index is 12.3. The van der Waals surface area contributed by atoms with Gasteiger partial charge in [0.1, 0.15) is 5.75 Å². The Labute approximate surface area is 120 Å². The van der Waals surface area contributed by atoms with Crippen molar-refractivity contribution < 1.29 is 14.1 Å². The number of anilines is 1. The zero-order valence-corrected chi connectivity index (χ0v) is 11.6. The van der Waals surface area contributed by atoms with Crippen molar-refractivity contribution in [3.05, 3.63) is 47.7 Å². The van der Waals surface area contributed by atoms with Crippen LogP contribution >= 0.6 is 0 Å². The van der Waals surface area contributed by atoms with Crippen LogP contribution in [0.15, 0.2) is 40.9 Å². The average Bonchev–Trinajstić information content (AvgIpc) is 2.89. The van der Waals surface area contributed by atoms with Gasteiger partial charge in [0.2, 0.25) is 0 Å². The van der Waals surface area contributed by atoms with Crippen LogP contribution in [0.5, 0.6) is 5.75 Å². The number of amides is 1. The van der Waals surface area contributed by atoms with E-state index in [1.165, 1.54) is 7.11 Å². The molecule has 106 valence electrons. The normalized spacial score (nSPS) is 10.6. The standard InChI is InChI=1S/C15H13N3O3/c1-9-7-8-11-13(18-21-15(11)16-9)17-14(19)10-5-3-4-6-12(10)20-2/h3-8H,1-2H3,(H,17,18,19). The monoisotopic (exact) mass is 283 g/mol. The van der Waals surface area contributed by atoms with Crippen molar-refractivity contribution in [2.45, 2.75) is 6.92 Å². The third-order valence-corrected chi connectivity index (χ3v) is 3.06. The van der Waals surface area contributed by atoms with Gasteiger partial charge in [-0.15, -0.1) is 0 Å². The van der Waals surface area contributed by atoms with Crippen molar-refractivity contribution in [1.29, 1.82) is 0 Å². The molecule has 1 amide bonds. The smallest absolute Gasteiger partial charge is 0.260 e. The highest BCUT2D eigenvalue weighted by Gasteiger charge is 2.16. The van der Waals surface area contributed by atoms with Crippen LogP contribution in [0.2, 0.25) is 0 Å². The molecule has 21 heavy (non-hydrogen) atoms. The largest absolute Gasteiger partial charge is 0.496 e. The quantitative estimate of drug-likeness (QED) is 0.799. The van der Waals surface area contributed by atoms with Gasteiger partial charge in [-0.1, -0.05) is 17.3 Å². The molecule has 0 atom stereocenters. The molecule has 0 bridgehead atoms. The van der Waals surface area contributed by atoms with Crippen LogP contribution in [0.4, 0.5) is 5.82 Å². The van der Waals surface area contributed by atoms with E-state index in [9.17, 15) is 4.79 Å². The molecule has 6 heteroatoms. The summed E-state index contributed by atoms with van der Waals surface area (Å²) in [5.41, 5.74) is 1.64. The number of methoxy groups -OCH3 is 1. The van der Waals surface area contributed by atoms with Crippen molar-refractivity contribution in [1.82, 2.24) is 10.1 Å². The molecule has 2 heterocycles. The Morgan fingerprint density at radius 3 is 2.86 bits per heavy atom. The minimum absolute atomic E-state index is 0.316. The van der Waals surface area contributed by atoms with E-state index in [1.807, 2.05) is 19.1 Å². The van der Waals surface area contributed by atoms with Crippen molar-refractivity contribution in [3.8, 4) is 5.75 Å². The number of ether oxygens (including phenoxy) is 1. The van der Waals surface area contributed by atoms with Crippen molar-refractivity contribution in [2.75, 3.05) is 12.4 Å². The maximum Gasteiger partial charge on any atom is 0.260 e. The minimum atomic E-state index is -0.316. The molecule has 0 aliphatic heterocycles. The van der Waals surface area contributed by atoms with Gasteiger partial charge in [0, 0.05) is 5.69 Å². The maximum absolute atomic E-state index is 12.3. The van der Waals surface area contributed by atoms with E-state index in [2.05, 4.69) is 15.5 Å². The number of carbonyl (C=O) groups excluding carboxylic acids is 1. The molecule has 3 rings (SSSR count). The van der Waals surface area contributed by atoms with Crippen LogP contribution in [0, 0.1) is 6.92 Å². The van der Waals surface area contributed by atoms with E-state index in [4.69, 9.17) is 9.26 Å². The Balaban J connectivity index is 1.93. The summed E-state index contributed by atoms with van der Waals surface area (Å²) >= 11 is 0. The molecule has 6 nitrogen and oxygen atoms in total. The second kappa shape index (κ2) is 5.24. The highest BCUT2D eigenvalue weighted by molar-refractivity contribution is 6.08. The number of nitrogens with one attached hydrogen (secondary N) is 1. The second-order valence-corrected chi connectivity index (χ2v) is 4.49. The molecule has 0 saturated heterocycles. The van der Waals surface area contributed by atoms with E-state index < -0.39 is 0 Å². The van der Waals surface area contributed by atoms with Gasteiger partial charge >= 0.3 is 0 Å². The number of fused-ring (bicyclic) bond motifs is 1. The van der Waals surface area contributed by atoms with Crippen LogP contribution in [-0.2, 0) is 0 Å². The first-order valence-corrected chi connectivity index (χ1v) is 6.36. The Bertz CT molecular complexity index is 811. The first-order valence-electron chi connectivity index (χ1n) is 6.36. The number of para-hydroxylation sites is 1. The van der Waals surface area contributed by atoms with E-state index in [1.54, 1.807) is 24.3 Å². The summed E-state index contributed by atoms with van der Waals surface area (Å²) in [6.07, 6.45) is 0. The number of nitrogens with zero attached hydrogens (tertiary/aromatic N) is 2. The summed E-state index contributed by atoms with van der Waals surface area (Å²) < 4.78 is 10.3. The third kappa shape index (κ3) is 2.43. The molecule has 1 N–H and O–H groups in total. The Morgan fingerprint density at radius 1 is 1.24 bits per heavy atom. The number of aromatic nitrogens is 2. The van der Waals surface area contributed by atoms with E-state index in [0.29, 0.717) is 28.2 Å². The van der Waals surface area contributed by atoms with Gasteiger partial charge in [0.15, 0.2) is 5.82 Å². The lowest BCUT2D eigenvalue weighted by Crippen LogP contribution is -2.13. The molecule has 0 saturated carbocycles. The number of carbonyl (C=O) groups is 1. The van der Waals surface area contributed by atoms with Crippen LogP contribution in [0.3, 0.4) is 0 Å². The molecule has 0 spiro atoms. The molecular formula is C15H13N3O3. The van der Waals surface area contributed by atoms with Gasteiger partial charge in [-0.25, -0.2) is 4.98 Å². The minimum Gasteiger partial charge on any atom is -0.496 e. The first kappa shape index (κ1) is 13.1. The summed E-state index contributed by atoms with van der Waals surface area (Å²) in [4.78, 5) is 16.5.